The maximum absolute atomic E-state index is 12.6. The Bertz CT molecular complexity index is 974. The molecular formula is C22H18Cl2O4. The molecular weight excluding hydrogens is 399 g/mol. The smallest absolute Gasteiger partial charge is 0.314 e. The summed E-state index contributed by atoms with van der Waals surface area (Å²) in [7, 11) is 0. The summed E-state index contributed by atoms with van der Waals surface area (Å²) in [6.07, 6.45) is 6.64. The maximum Gasteiger partial charge on any atom is 0.314 e. The van der Waals surface area contributed by atoms with Gasteiger partial charge in [-0.25, -0.2) is 0 Å². The van der Waals surface area contributed by atoms with Crippen LogP contribution < -0.4 is 9.47 Å². The summed E-state index contributed by atoms with van der Waals surface area (Å²) in [5, 5.41) is 0.839. The van der Waals surface area contributed by atoms with Crippen LogP contribution in [0, 0.1) is 5.92 Å². The molecule has 0 atom stereocenters. The largest absolute Gasteiger partial charge is 0.452 e. The highest BCUT2D eigenvalue weighted by Gasteiger charge is 2.29. The Balaban J connectivity index is 1.51. The van der Waals surface area contributed by atoms with E-state index in [2.05, 4.69) is 0 Å². The molecule has 1 aliphatic carbocycles. The number of halogens is 2. The summed E-state index contributed by atoms with van der Waals surface area (Å²) in [4.78, 5) is 24.9. The number of fused-ring (bicyclic) bond motifs is 1. The van der Waals surface area contributed by atoms with E-state index >= 15 is 0 Å². The zero-order chi connectivity index (χ0) is 19.7. The highest BCUT2D eigenvalue weighted by molar-refractivity contribution is 6.42. The molecule has 28 heavy (non-hydrogen) atoms. The summed E-state index contributed by atoms with van der Waals surface area (Å²) >= 11 is 11.9. The lowest BCUT2D eigenvalue weighted by Gasteiger charge is -2.19. The second-order valence-corrected chi connectivity index (χ2v) is 7.84. The first-order chi connectivity index (χ1) is 13.5. The zero-order valence-electron chi connectivity index (χ0n) is 15.0. The van der Waals surface area contributed by atoms with Crippen LogP contribution in [0.3, 0.4) is 0 Å². The van der Waals surface area contributed by atoms with E-state index in [4.69, 9.17) is 32.7 Å². The van der Waals surface area contributed by atoms with Crippen LogP contribution in [-0.2, 0) is 4.79 Å². The van der Waals surface area contributed by atoms with Crippen LogP contribution in [0.1, 0.15) is 48.0 Å². The van der Waals surface area contributed by atoms with Crippen molar-refractivity contribution in [1.29, 1.82) is 0 Å². The van der Waals surface area contributed by atoms with E-state index in [1.165, 1.54) is 6.42 Å². The third kappa shape index (κ3) is 3.94. The molecule has 0 unspecified atom stereocenters. The highest BCUT2D eigenvalue weighted by Crippen LogP contribution is 2.36. The van der Waals surface area contributed by atoms with E-state index in [1.807, 2.05) is 0 Å². The number of allylic oxidation sites excluding steroid dienone is 1. The molecule has 2 aromatic rings. The van der Waals surface area contributed by atoms with Crippen molar-refractivity contribution in [1.82, 2.24) is 0 Å². The topological polar surface area (TPSA) is 52.6 Å². The molecule has 4 nitrogen and oxygen atoms in total. The fourth-order valence-corrected chi connectivity index (χ4v) is 3.83. The molecule has 2 aliphatic rings. The molecule has 0 N–H and O–H groups in total. The Hall–Kier alpha value is -2.30. The van der Waals surface area contributed by atoms with E-state index in [0.29, 0.717) is 32.7 Å². The van der Waals surface area contributed by atoms with Gasteiger partial charge in [-0.15, -0.1) is 0 Å². The Morgan fingerprint density at radius 2 is 1.82 bits per heavy atom. The number of carbonyl (C=O) groups excluding carboxylic acids is 2. The minimum Gasteiger partial charge on any atom is -0.452 e. The predicted octanol–water partition coefficient (Wildman–Crippen LogP) is 6.10. The quantitative estimate of drug-likeness (QED) is 0.344. The van der Waals surface area contributed by atoms with Gasteiger partial charge in [0.15, 0.2) is 5.76 Å². The number of ether oxygens (including phenoxy) is 2. The minimum absolute atomic E-state index is 0.0466. The predicted molar refractivity (Wildman–Crippen MR) is 108 cm³/mol. The monoisotopic (exact) mass is 416 g/mol. The maximum atomic E-state index is 12.6. The summed E-state index contributed by atoms with van der Waals surface area (Å²) in [5.41, 5.74) is 1.14. The van der Waals surface area contributed by atoms with Gasteiger partial charge in [0.05, 0.1) is 21.5 Å². The number of rotatable bonds is 3. The van der Waals surface area contributed by atoms with Gasteiger partial charge in [-0.05, 0) is 48.7 Å². The Morgan fingerprint density at radius 3 is 2.57 bits per heavy atom. The Kier molecular flexibility index (Phi) is 5.42. The van der Waals surface area contributed by atoms with E-state index in [-0.39, 0.29) is 23.4 Å². The van der Waals surface area contributed by atoms with E-state index in [0.717, 1.165) is 25.7 Å². The standard InChI is InChI=1S/C22H18Cl2O4/c23-17-9-6-13(10-18(17)24)11-20-21(25)16-8-7-15(12-19(16)28-20)27-22(26)14-4-2-1-3-5-14/h6-12,14H,1-5H2/b20-11-. The summed E-state index contributed by atoms with van der Waals surface area (Å²) in [6, 6.07) is 9.90. The average molecular weight is 417 g/mol. The molecule has 1 heterocycles. The van der Waals surface area contributed by atoms with Crippen LogP contribution >= 0.6 is 23.2 Å². The third-order valence-electron chi connectivity index (χ3n) is 5.04. The molecule has 6 heteroatoms. The van der Waals surface area contributed by atoms with Crippen LogP contribution in [0.5, 0.6) is 11.5 Å². The van der Waals surface area contributed by atoms with Crippen molar-refractivity contribution in [3.05, 3.63) is 63.3 Å². The molecule has 0 spiro atoms. The molecule has 0 bridgehead atoms. The molecule has 2 aromatic carbocycles. The van der Waals surface area contributed by atoms with Crippen molar-refractivity contribution in [2.45, 2.75) is 32.1 Å². The van der Waals surface area contributed by atoms with E-state index < -0.39 is 0 Å². The number of hydrogen-bond donors (Lipinski definition) is 0. The van der Waals surface area contributed by atoms with Crippen molar-refractivity contribution in [2.24, 2.45) is 5.92 Å². The lowest BCUT2D eigenvalue weighted by atomic mass is 9.89. The number of Topliss-reactive ketones (excluding diaryl/α,β-unsaturated/α-hetero) is 1. The van der Waals surface area contributed by atoms with Crippen LogP contribution in [0.4, 0.5) is 0 Å². The van der Waals surface area contributed by atoms with Crippen molar-refractivity contribution >= 4 is 41.0 Å². The van der Waals surface area contributed by atoms with Gasteiger partial charge in [0.2, 0.25) is 5.78 Å². The van der Waals surface area contributed by atoms with Gasteiger partial charge in [-0.2, -0.15) is 0 Å². The average Bonchev–Trinajstić information content (AvgIpc) is 3.00. The lowest BCUT2D eigenvalue weighted by molar-refractivity contribution is -0.139. The summed E-state index contributed by atoms with van der Waals surface area (Å²) in [5.74, 6) is 0.462. The molecule has 0 aromatic heterocycles. The Morgan fingerprint density at radius 1 is 1.04 bits per heavy atom. The van der Waals surface area contributed by atoms with Gasteiger partial charge in [0.1, 0.15) is 11.5 Å². The first-order valence-electron chi connectivity index (χ1n) is 9.26. The van der Waals surface area contributed by atoms with Gasteiger partial charge >= 0.3 is 5.97 Å². The third-order valence-corrected chi connectivity index (χ3v) is 5.78. The number of carbonyl (C=O) groups is 2. The van der Waals surface area contributed by atoms with Crippen LogP contribution in [-0.4, -0.2) is 11.8 Å². The fraction of sp³-hybridized carbons (Fsp3) is 0.273. The first-order valence-corrected chi connectivity index (χ1v) is 10.0. The van der Waals surface area contributed by atoms with Crippen molar-refractivity contribution in [2.75, 3.05) is 0 Å². The Labute approximate surface area is 173 Å². The molecule has 1 aliphatic heterocycles. The molecule has 144 valence electrons. The van der Waals surface area contributed by atoms with E-state index in [9.17, 15) is 9.59 Å². The van der Waals surface area contributed by atoms with E-state index in [1.54, 1.807) is 42.5 Å². The van der Waals surface area contributed by atoms with Crippen LogP contribution in [0.25, 0.3) is 6.08 Å². The number of esters is 1. The summed E-state index contributed by atoms with van der Waals surface area (Å²) < 4.78 is 11.2. The van der Waals surface area contributed by atoms with Gasteiger partial charge in [0.25, 0.3) is 0 Å². The van der Waals surface area contributed by atoms with Crippen molar-refractivity contribution in [3.8, 4) is 11.5 Å². The number of ketones is 1. The zero-order valence-corrected chi connectivity index (χ0v) is 16.6. The van der Waals surface area contributed by atoms with Crippen molar-refractivity contribution < 1.29 is 19.1 Å². The molecule has 1 fully saturated rings. The number of benzene rings is 2. The number of hydrogen-bond acceptors (Lipinski definition) is 4. The first kappa shape index (κ1) is 19.0. The van der Waals surface area contributed by atoms with Crippen LogP contribution in [0.2, 0.25) is 10.0 Å². The van der Waals surface area contributed by atoms with Crippen molar-refractivity contribution in [3.63, 3.8) is 0 Å². The second kappa shape index (κ2) is 7.98. The molecule has 0 radical (unpaired) electrons. The summed E-state index contributed by atoms with van der Waals surface area (Å²) in [6.45, 7) is 0. The molecule has 0 amide bonds. The van der Waals surface area contributed by atoms with Gasteiger partial charge in [-0.1, -0.05) is 48.5 Å². The lowest BCUT2D eigenvalue weighted by Crippen LogP contribution is -2.22. The highest BCUT2D eigenvalue weighted by atomic mass is 35.5. The van der Waals surface area contributed by atoms with Gasteiger partial charge in [0, 0.05) is 6.07 Å². The fourth-order valence-electron chi connectivity index (χ4n) is 3.52. The SMILES string of the molecule is O=C1/C(=C/c2ccc(Cl)c(Cl)c2)Oc2cc(OC(=O)C3CCCCC3)ccc21. The molecule has 4 rings (SSSR count). The van der Waals surface area contributed by atoms with Gasteiger partial charge < -0.3 is 9.47 Å². The minimum atomic E-state index is -0.230. The second-order valence-electron chi connectivity index (χ2n) is 7.03. The molecule has 0 saturated heterocycles. The van der Waals surface area contributed by atoms with Crippen LogP contribution in [0.15, 0.2) is 42.2 Å². The molecule has 1 saturated carbocycles. The normalized spacial score (nSPS) is 18.1. The van der Waals surface area contributed by atoms with Gasteiger partial charge in [-0.3, -0.25) is 9.59 Å².